The van der Waals surface area contributed by atoms with Gasteiger partial charge in [-0.15, -0.1) is 0 Å². The molecule has 37 heavy (non-hydrogen) atoms. The van der Waals surface area contributed by atoms with Crippen LogP contribution in [0.1, 0.15) is 135 Å². The minimum absolute atomic E-state index is 0.0351. The van der Waals surface area contributed by atoms with Crippen molar-refractivity contribution in [3.05, 3.63) is 12.2 Å². The van der Waals surface area contributed by atoms with Crippen LogP contribution in [0.25, 0.3) is 0 Å². The van der Waals surface area contributed by atoms with Gasteiger partial charge in [-0.3, -0.25) is 0 Å². The third-order valence-electron chi connectivity index (χ3n) is 7.29. The van der Waals surface area contributed by atoms with Crippen molar-refractivity contribution in [2.75, 3.05) is 0 Å². The predicted octanol–water partition coefficient (Wildman–Crippen LogP) is 5.09. The molecule has 1 aliphatic heterocycles. The fourth-order valence-corrected chi connectivity index (χ4v) is 5.17. The zero-order valence-electron chi connectivity index (χ0n) is 23.3. The average Bonchev–Trinajstić information content (AvgIpc) is 2.81. The molecule has 0 fully saturated rings. The number of aliphatic hydroxyl groups excluding tert-OH is 5. The Morgan fingerprint density at radius 2 is 1.11 bits per heavy atom. The van der Waals surface area contributed by atoms with E-state index in [0.29, 0.717) is 12.8 Å². The maximum atomic E-state index is 11.3. The SMILES string of the molecule is CCCCCCCCCCCCCCCC(O)CC(O)CC(O)CC(O)CC(O)C[C@H]1CC=CC(=O)O1. The first-order chi connectivity index (χ1) is 17.8. The lowest BCUT2D eigenvalue weighted by atomic mass is 9.96. The summed E-state index contributed by atoms with van der Waals surface area (Å²) in [7, 11) is 0. The van der Waals surface area contributed by atoms with Gasteiger partial charge in [-0.1, -0.05) is 96.5 Å². The highest BCUT2D eigenvalue weighted by atomic mass is 16.5. The normalized spacial score (nSPS) is 19.8. The van der Waals surface area contributed by atoms with Gasteiger partial charge in [0, 0.05) is 18.9 Å². The summed E-state index contributed by atoms with van der Waals surface area (Å²) in [5, 5.41) is 51.0. The Morgan fingerprint density at radius 1 is 0.676 bits per heavy atom. The maximum absolute atomic E-state index is 11.3. The highest BCUT2D eigenvalue weighted by molar-refractivity contribution is 5.82. The molecule has 0 radical (unpaired) electrons. The lowest BCUT2D eigenvalue weighted by molar-refractivity contribution is -0.145. The van der Waals surface area contributed by atoms with Crippen LogP contribution in [0.3, 0.4) is 0 Å². The van der Waals surface area contributed by atoms with Crippen molar-refractivity contribution in [1.29, 1.82) is 0 Å². The highest BCUT2D eigenvalue weighted by Gasteiger charge is 2.24. The molecule has 0 bridgehead atoms. The van der Waals surface area contributed by atoms with E-state index in [1.807, 2.05) is 0 Å². The van der Waals surface area contributed by atoms with Gasteiger partial charge >= 0.3 is 5.97 Å². The van der Waals surface area contributed by atoms with E-state index in [1.54, 1.807) is 6.08 Å². The smallest absolute Gasteiger partial charge is 0.330 e. The third kappa shape index (κ3) is 19.7. The van der Waals surface area contributed by atoms with Crippen molar-refractivity contribution in [2.24, 2.45) is 0 Å². The van der Waals surface area contributed by atoms with Crippen molar-refractivity contribution in [3.8, 4) is 0 Å². The van der Waals surface area contributed by atoms with Crippen molar-refractivity contribution in [3.63, 3.8) is 0 Å². The Hall–Kier alpha value is -0.990. The number of hydrogen-bond donors (Lipinski definition) is 5. The Kier molecular flexibility index (Phi) is 20.1. The molecule has 0 aromatic rings. The first-order valence-corrected chi connectivity index (χ1v) is 15.1. The van der Waals surface area contributed by atoms with Crippen molar-refractivity contribution < 1.29 is 35.1 Å². The summed E-state index contributed by atoms with van der Waals surface area (Å²) < 4.78 is 5.11. The van der Waals surface area contributed by atoms with Crippen molar-refractivity contribution in [2.45, 2.75) is 172 Å². The molecule has 0 aromatic heterocycles. The van der Waals surface area contributed by atoms with Crippen LogP contribution in [-0.4, -0.2) is 68.1 Å². The van der Waals surface area contributed by atoms with Gasteiger partial charge in [0.1, 0.15) is 6.10 Å². The molecule has 1 heterocycles. The maximum Gasteiger partial charge on any atom is 0.330 e. The van der Waals surface area contributed by atoms with Crippen LogP contribution in [0.15, 0.2) is 12.2 Å². The van der Waals surface area contributed by atoms with Gasteiger partial charge in [-0.25, -0.2) is 4.79 Å². The van der Waals surface area contributed by atoms with E-state index in [-0.39, 0.29) is 32.1 Å². The van der Waals surface area contributed by atoms with Crippen LogP contribution in [0.2, 0.25) is 0 Å². The molecule has 5 N–H and O–H groups in total. The largest absolute Gasteiger partial charge is 0.459 e. The number of cyclic esters (lactones) is 1. The summed E-state index contributed by atoms with van der Waals surface area (Å²) in [5.41, 5.74) is 0. The van der Waals surface area contributed by atoms with E-state index in [4.69, 9.17) is 4.74 Å². The number of hydrogen-bond acceptors (Lipinski definition) is 7. The van der Waals surface area contributed by atoms with Crippen molar-refractivity contribution >= 4 is 5.97 Å². The fourth-order valence-electron chi connectivity index (χ4n) is 5.17. The molecule has 218 valence electrons. The van der Waals surface area contributed by atoms with E-state index in [9.17, 15) is 30.3 Å². The Balaban J connectivity index is 2.00. The molecule has 0 saturated carbocycles. The number of carbonyl (C=O) groups is 1. The van der Waals surface area contributed by atoms with Crippen LogP contribution >= 0.6 is 0 Å². The summed E-state index contributed by atoms with van der Waals surface area (Å²) in [6.07, 6.45) is 17.0. The van der Waals surface area contributed by atoms with Crippen LogP contribution in [0, 0.1) is 0 Å². The van der Waals surface area contributed by atoms with Gasteiger partial charge in [-0.2, -0.15) is 0 Å². The number of ether oxygens (including phenoxy) is 1. The van der Waals surface area contributed by atoms with E-state index in [0.717, 1.165) is 12.8 Å². The topological polar surface area (TPSA) is 127 Å². The molecule has 0 aliphatic carbocycles. The van der Waals surface area contributed by atoms with Crippen molar-refractivity contribution in [1.82, 2.24) is 0 Å². The van der Waals surface area contributed by atoms with E-state index < -0.39 is 42.6 Å². The number of carbonyl (C=O) groups excluding carboxylic acids is 1. The number of esters is 1. The molecule has 0 saturated heterocycles. The summed E-state index contributed by atoms with van der Waals surface area (Å²) in [5.74, 6) is -0.426. The lowest BCUT2D eigenvalue weighted by Crippen LogP contribution is -2.30. The zero-order valence-corrected chi connectivity index (χ0v) is 23.3. The fraction of sp³-hybridized carbons (Fsp3) is 0.900. The molecule has 0 amide bonds. The Morgan fingerprint density at radius 3 is 1.59 bits per heavy atom. The van der Waals surface area contributed by atoms with Gasteiger partial charge in [0.05, 0.1) is 30.5 Å². The van der Waals surface area contributed by atoms with E-state index in [2.05, 4.69) is 6.92 Å². The quantitative estimate of drug-likeness (QED) is 0.0871. The van der Waals surface area contributed by atoms with Crippen LogP contribution < -0.4 is 0 Å². The highest BCUT2D eigenvalue weighted by Crippen LogP contribution is 2.19. The standard InChI is InChI=1S/C30H56O7/c1-2-3-4-5-6-7-8-9-10-11-12-13-14-16-24(31)19-25(32)20-26(33)21-27(34)22-28(35)23-29-17-15-18-30(36)37-29/h15,18,24-29,31-35H,2-14,16-17,19-23H2,1H3/t24?,25?,26?,27?,28?,29-/m1/s1. The van der Waals surface area contributed by atoms with Crippen LogP contribution in [0.4, 0.5) is 0 Å². The molecule has 1 rings (SSSR count). The molecule has 7 heteroatoms. The minimum atomic E-state index is -0.928. The van der Waals surface area contributed by atoms with Gasteiger partial charge in [-0.05, 0) is 32.1 Å². The average molecular weight is 529 g/mol. The summed E-state index contributed by atoms with van der Waals surface area (Å²) >= 11 is 0. The second kappa shape index (κ2) is 21.9. The van der Waals surface area contributed by atoms with Gasteiger partial charge in [0.25, 0.3) is 0 Å². The predicted molar refractivity (Wildman–Crippen MR) is 147 cm³/mol. The van der Waals surface area contributed by atoms with Gasteiger partial charge < -0.3 is 30.3 Å². The molecule has 0 aromatic carbocycles. The number of unbranched alkanes of at least 4 members (excludes halogenated alkanes) is 12. The van der Waals surface area contributed by atoms with E-state index >= 15 is 0 Å². The van der Waals surface area contributed by atoms with E-state index in [1.165, 1.54) is 76.7 Å². The second-order valence-electron chi connectivity index (χ2n) is 11.2. The van der Waals surface area contributed by atoms with Crippen LogP contribution in [0.5, 0.6) is 0 Å². The molecular formula is C30H56O7. The van der Waals surface area contributed by atoms with Gasteiger partial charge in [0.15, 0.2) is 0 Å². The van der Waals surface area contributed by atoms with Crippen LogP contribution in [-0.2, 0) is 9.53 Å². The first-order valence-electron chi connectivity index (χ1n) is 15.1. The zero-order chi connectivity index (χ0) is 27.3. The Bertz CT molecular complexity index is 582. The minimum Gasteiger partial charge on any atom is -0.459 e. The summed E-state index contributed by atoms with van der Waals surface area (Å²) in [4.78, 5) is 11.3. The third-order valence-corrected chi connectivity index (χ3v) is 7.29. The number of aliphatic hydroxyl groups is 5. The van der Waals surface area contributed by atoms with Gasteiger partial charge in [0.2, 0.25) is 0 Å². The monoisotopic (exact) mass is 528 g/mol. The Labute approximate surface area is 225 Å². The first kappa shape index (κ1) is 34.0. The molecule has 6 atom stereocenters. The molecular weight excluding hydrogens is 472 g/mol. The summed E-state index contributed by atoms with van der Waals surface area (Å²) in [6, 6.07) is 0. The second-order valence-corrected chi connectivity index (χ2v) is 11.2. The molecule has 1 aliphatic rings. The molecule has 0 spiro atoms. The number of rotatable bonds is 24. The molecule has 7 nitrogen and oxygen atoms in total. The lowest BCUT2D eigenvalue weighted by Gasteiger charge is -2.24. The molecule has 5 unspecified atom stereocenters. The summed E-state index contributed by atoms with van der Waals surface area (Å²) in [6.45, 7) is 2.25.